The number of carbonyl (C=O) groups excluding carboxylic acids is 1. The maximum atomic E-state index is 11.6. The molecule has 7 heteroatoms. The van der Waals surface area contributed by atoms with Crippen molar-refractivity contribution < 1.29 is 14.8 Å². The summed E-state index contributed by atoms with van der Waals surface area (Å²) in [6.07, 6.45) is 0.342. The van der Waals surface area contributed by atoms with Gasteiger partial charge < -0.3 is 15.7 Å². The van der Waals surface area contributed by atoms with Crippen LogP contribution in [-0.4, -0.2) is 29.0 Å². The number of phenolic OH excluding ortho intramolecular Hbond substituents is 1. The molecule has 1 amide bonds. The summed E-state index contributed by atoms with van der Waals surface area (Å²) < 4.78 is 0. The first-order valence-electron chi connectivity index (χ1n) is 5.54. The van der Waals surface area contributed by atoms with Gasteiger partial charge in [0.05, 0.1) is 10.6 Å². The number of benzene rings is 1. The Bertz CT molecular complexity index is 485. The van der Waals surface area contributed by atoms with Crippen LogP contribution in [0.25, 0.3) is 0 Å². The van der Waals surface area contributed by atoms with Gasteiger partial charge in [-0.1, -0.05) is 0 Å². The summed E-state index contributed by atoms with van der Waals surface area (Å²) in [4.78, 5) is 21.6. The van der Waals surface area contributed by atoms with E-state index in [4.69, 9.17) is 0 Å². The number of nitro groups is 1. The molecule has 0 aromatic heterocycles. The lowest BCUT2D eigenvalue weighted by atomic mass is 9.99. The van der Waals surface area contributed by atoms with Gasteiger partial charge in [-0.05, 0) is 25.1 Å². The number of nitrogens with one attached hydrogen (secondary N) is 2. The van der Waals surface area contributed by atoms with Crippen LogP contribution in [0.4, 0.5) is 11.4 Å². The highest BCUT2D eigenvalue weighted by Crippen LogP contribution is 2.28. The SMILES string of the molecule is O=C(CC1CNC1)Nc1cc([N+](=O)[O-])ccc1O. The smallest absolute Gasteiger partial charge is 0.271 e. The van der Waals surface area contributed by atoms with E-state index in [0.29, 0.717) is 12.3 Å². The van der Waals surface area contributed by atoms with Crippen LogP contribution < -0.4 is 10.6 Å². The Balaban J connectivity index is 2.04. The molecule has 0 atom stereocenters. The molecule has 96 valence electrons. The molecule has 0 saturated carbocycles. The van der Waals surface area contributed by atoms with Crippen molar-refractivity contribution in [3.63, 3.8) is 0 Å². The summed E-state index contributed by atoms with van der Waals surface area (Å²) in [5.41, 5.74) is -0.102. The molecule has 1 saturated heterocycles. The van der Waals surface area contributed by atoms with Crippen molar-refractivity contribution in [2.45, 2.75) is 6.42 Å². The van der Waals surface area contributed by atoms with Crippen LogP contribution >= 0.6 is 0 Å². The van der Waals surface area contributed by atoms with Gasteiger partial charge in [0.2, 0.25) is 5.91 Å². The fourth-order valence-corrected chi connectivity index (χ4v) is 1.69. The lowest BCUT2D eigenvalue weighted by molar-refractivity contribution is -0.384. The third kappa shape index (κ3) is 2.75. The molecule has 1 fully saturated rings. The minimum absolute atomic E-state index is 0.0708. The third-order valence-corrected chi connectivity index (χ3v) is 2.81. The Morgan fingerprint density at radius 3 is 2.83 bits per heavy atom. The molecule has 7 nitrogen and oxygen atoms in total. The number of non-ortho nitro benzene ring substituents is 1. The molecule has 1 heterocycles. The van der Waals surface area contributed by atoms with Gasteiger partial charge in [-0.3, -0.25) is 14.9 Å². The fourth-order valence-electron chi connectivity index (χ4n) is 1.69. The van der Waals surface area contributed by atoms with E-state index in [1.165, 1.54) is 12.1 Å². The number of phenols is 1. The maximum absolute atomic E-state index is 11.6. The molecular weight excluding hydrogens is 238 g/mol. The zero-order valence-corrected chi connectivity index (χ0v) is 9.55. The molecule has 1 aliphatic heterocycles. The number of nitrogens with zero attached hydrogens (tertiary/aromatic N) is 1. The number of aromatic hydroxyl groups is 1. The lowest BCUT2D eigenvalue weighted by Crippen LogP contribution is -2.43. The van der Waals surface area contributed by atoms with Crippen LogP contribution in [0.15, 0.2) is 18.2 Å². The molecular formula is C11H13N3O4. The van der Waals surface area contributed by atoms with Crippen molar-refractivity contribution in [2.75, 3.05) is 18.4 Å². The predicted molar refractivity (Wildman–Crippen MR) is 64.4 cm³/mol. The summed E-state index contributed by atoms with van der Waals surface area (Å²) in [5.74, 6) is -0.135. The Kier molecular flexibility index (Phi) is 3.42. The van der Waals surface area contributed by atoms with Gasteiger partial charge >= 0.3 is 0 Å². The second-order valence-corrected chi connectivity index (χ2v) is 4.24. The minimum atomic E-state index is -0.578. The first-order valence-corrected chi connectivity index (χ1v) is 5.54. The average molecular weight is 251 g/mol. The average Bonchev–Trinajstić information content (AvgIpc) is 2.26. The molecule has 2 rings (SSSR count). The number of amides is 1. The van der Waals surface area contributed by atoms with Gasteiger partial charge in [0, 0.05) is 18.6 Å². The number of nitro benzene ring substituents is 1. The van der Waals surface area contributed by atoms with Crippen LogP contribution in [0, 0.1) is 16.0 Å². The van der Waals surface area contributed by atoms with Crippen molar-refractivity contribution >= 4 is 17.3 Å². The standard InChI is InChI=1S/C11H13N3O4/c15-10-2-1-8(14(17)18)4-9(10)13-11(16)3-7-5-12-6-7/h1-2,4,7,12,15H,3,5-6H2,(H,13,16). The van der Waals surface area contributed by atoms with Gasteiger partial charge in [-0.25, -0.2) is 0 Å². The van der Waals surface area contributed by atoms with Crippen molar-refractivity contribution in [3.8, 4) is 5.75 Å². The van der Waals surface area contributed by atoms with Gasteiger partial charge in [-0.15, -0.1) is 0 Å². The summed E-state index contributed by atoms with van der Waals surface area (Å²) >= 11 is 0. The molecule has 1 aromatic carbocycles. The van der Waals surface area contributed by atoms with E-state index in [1.807, 2.05) is 0 Å². The van der Waals surface area contributed by atoms with E-state index in [9.17, 15) is 20.0 Å². The highest BCUT2D eigenvalue weighted by atomic mass is 16.6. The highest BCUT2D eigenvalue weighted by Gasteiger charge is 2.21. The summed E-state index contributed by atoms with van der Waals surface area (Å²) in [6, 6.07) is 3.52. The first kappa shape index (κ1) is 12.3. The largest absolute Gasteiger partial charge is 0.506 e. The maximum Gasteiger partial charge on any atom is 0.271 e. The minimum Gasteiger partial charge on any atom is -0.506 e. The quantitative estimate of drug-likeness (QED) is 0.418. The molecule has 0 unspecified atom stereocenters. The normalized spacial score (nSPS) is 14.9. The number of rotatable bonds is 4. The number of hydrogen-bond acceptors (Lipinski definition) is 5. The molecule has 0 bridgehead atoms. The molecule has 1 aromatic rings. The topological polar surface area (TPSA) is 104 Å². The van der Waals surface area contributed by atoms with Gasteiger partial charge in [0.25, 0.3) is 5.69 Å². The van der Waals surface area contributed by atoms with Crippen LogP contribution in [0.2, 0.25) is 0 Å². The fraction of sp³-hybridized carbons (Fsp3) is 0.364. The second kappa shape index (κ2) is 5.01. The Hall–Kier alpha value is -2.15. The van der Waals surface area contributed by atoms with E-state index in [-0.39, 0.29) is 23.0 Å². The van der Waals surface area contributed by atoms with Gasteiger partial charge in [0.15, 0.2) is 0 Å². The van der Waals surface area contributed by atoms with Gasteiger partial charge in [-0.2, -0.15) is 0 Å². The monoisotopic (exact) mass is 251 g/mol. The van der Waals surface area contributed by atoms with Gasteiger partial charge in [0.1, 0.15) is 5.75 Å². The van der Waals surface area contributed by atoms with Crippen LogP contribution in [0.5, 0.6) is 5.75 Å². The van der Waals surface area contributed by atoms with Crippen molar-refractivity contribution in [1.29, 1.82) is 0 Å². The van der Waals surface area contributed by atoms with Crippen molar-refractivity contribution in [2.24, 2.45) is 5.92 Å². The zero-order chi connectivity index (χ0) is 13.1. The molecule has 18 heavy (non-hydrogen) atoms. The molecule has 1 aliphatic rings. The summed E-state index contributed by atoms with van der Waals surface area (Å²) in [5, 5.41) is 25.6. The summed E-state index contributed by atoms with van der Waals surface area (Å²) in [7, 11) is 0. The molecule has 0 spiro atoms. The van der Waals surface area contributed by atoms with Crippen molar-refractivity contribution in [3.05, 3.63) is 28.3 Å². The van der Waals surface area contributed by atoms with Crippen LogP contribution in [0.1, 0.15) is 6.42 Å². The molecule has 0 aliphatic carbocycles. The third-order valence-electron chi connectivity index (χ3n) is 2.81. The van der Waals surface area contributed by atoms with E-state index < -0.39 is 4.92 Å². The summed E-state index contributed by atoms with van der Waals surface area (Å²) in [6.45, 7) is 1.60. The number of carbonyl (C=O) groups is 1. The van der Waals surface area contributed by atoms with Crippen LogP contribution in [-0.2, 0) is 4.79 Å². The molecule has 3 N–H and O–H groups in total. The number of hydrogen-bond donors (Lipinski definition) is 3. The Morgan fingerprint density at radius 1 is 1.56 bits per heavy atom. The zero-order valence-electron chi connectivity index (χ0n) is 9.55. The lowest BCUT2D eigenvalue weighted by Gasteiger charge is -2.26. The van der Waals surface area contributed by atoms with E-state index in [2.05, 4.69) is 10.6 Å². The Morgan fingerprint density at radius 2 is 2.28 bits per heavy atom. The molecule has 0 radical (unpaired) electrons. The number of anilines is 1. The second-order valence-electron chi connectivity index (χ2n) is 4.24. The van der Waals surface area contributed by atoms with E-state index in [0.717, 1.165) is 19.2 Å². The highest BCUT2D eigenvalue weighted by molar-refractivity contribution is 5.92. The first-order chi connectivity index (χ1) is 8.56. The predicted octanol–water partition coefficient (Wildman–Crippen LogP) is 0.848. The van der Waals surface area contributed by atoms with Crippen molar-refractivity contribution in [1.82, 2.24) is 5.32 Å². The van der Waals surface area contributed by atoms with Crippen LogP contribution in [0.3, 0.4) is 0 Å². The Labute approximate surface area is 103 Å². The van der Waals surface area contributed by atoms with E-state index in [1.54, 1.807) is 0 Å². The van der Waals surface area contributed by atoms with E-state index >= 15 is 0 Å².